The predicted molar refractivity (Wildman–Crippen MR) is 74.0 cm³/mol. The second-order valence-corrected chi connectivity index (χ2v) is 4.50. The molecule has 0 saturated heterocycles. The molecule has 0 radical (unpaired) electrons. The number of carbonyl (C=O) groups is 1. The number of benzene rings is 1. The van der Waals surface area contributed by atoms with Crippen LogP contribution in [0.1, 0.15) is 24.5 Å². The molecule has 0 fully saturated rings. The topological polar surface area (TPSA) is 39.2 Å². The maximum atomic E-state index is 10.9. The molecule has 3 nitrogen and oxygen atoms in total. The third kappa shape index (κ3) is 4.54. The summed E-state index contributed by atoms with van der Waals surface area (Å²) in [5.74, 6) is 1.05. The molecule has 0 bridgehead atoms. The van der Waals surface area contributed by atoms with Gasteiger partial charge in [0.15, 0.2) is 0 Å². The molecule has 0 amide bonds. The van der Waals surface area contributed by atoms with E-state index in [4.69, 9.17) is 4.74 Å². The van der Waals surface area contributed by atoms with Crippen LogP contribution in [0.25, 0.3) is 0 Å². The maximum Gasteiger partial charge on any atom is 0.130 e. The van der Waals surface area contributed by atoms with Gasteiger partial charge in [0, 0.05) is 24.4 Å². The molecule has 0 saturated carbocycles. The van der Waals surface area contributed by atoms with E-state index in [1.165, 1.54) is 0 Å². The molecular formula is C16H17NO2. The van der Waals surface area contributed by atoms with E-state index in [1.807, 2.05) is 36.4 Å². The number of ketones is 1. The molecule has 0 unspecified atom stereocenters. The number of pyridine rings is 1. The minimum absolute atomic E-state index is 0.219. The number of aryl methyl sites for hydroxylation is 1. The van der Waals surface area contributed by atoms with Crippen LogP contribution in [0.4, 0.5) is 0 Å². The van der Waals surface area contributed by atoms with Crippen LogP contribution >= 0.6 is 0 Å². The highest BCUT2D eigenvalue weighted by Crippen LogP contribution is 2.15. The molecule has 19 heavy (non-hydrogen) atoms. The molecule has 2 aromatic rings. The second kappa shape index (κ2) is 6.69. The first-order chi connectivity index (χ1) is 9.24. The van der Waals surface area contributed by atoms with E-state index in [0.29, 0.717) is 13.0 Å². The number of hydrogen-bond acceptors (Lipinski definition) is 3. The Bertz CT molecular complexity index is 520. The standard InChI is InChI=1S/C16H17NO2/c1-13(18)4-5-14-6-8-16(9-7-14)19-12-15-3-2-10-17-11-15/h2-3,6-11H,4-5,12H2,1H3. The van der Waals surface area contributed by atoms with Crippen LogP contribution in [0.2, 0.25) is 0 Å². The third-order valence-corrected chi connectivity index (χ3v) is 2.82. The van der Waals surface area contributed by atoms with Crippen molar-refractivity contribution in [3.63, 3.8) is 0 Å². The Morgan fingerprint density at radius 2 is 1.95 bits per heavy atom. The Hall–Kier alpha value is -2.16. The summed E-state index contributed by atoms with van der Waals surface area (Å²) in [6, 6.07) is 11.7. The first-order valence-electron chi connectivity index (χ1n) is 6.34. The molecule has 0 spiro atoms. The Balaban J connectivity index is 1.86. The van der Waals surface area contributed by atoms with Crippen LogP contribution < -0.4 is 4.74 Å². The van der Waals surface area contributed by atoms with Crippen molar-refractivity contribution in [2.45, 2.75) is 26.4 Å². The number of carbonyl (C=O) groups excluding carboxylic acids is 1. The van der Waals surface area contributed by atoms with Crippen molar-refractivity contribution in [1.29, 1.82) is 0 Å². The lowest BCUT2D eigenvalue weighted by Gasteiger charge is -2.07. The van der Waals surface area contributed by atoms with Crippen LogP contribution in [0.5, 0.6) is 5.75 Å². The Labute approximate surface area is 113 Å². The number of rotatable bonds is 6. The van der Waals surface area contributed by atoms with Crippen molar-refractivity contribution in [2.75, 3.05) is 0 Å². The van der Waals surface area contributed by atoms with E-state index in [1.54, 1.807) is 19.3 Å². The molecule has 1 aromatic carbocycles. The number of Topliss-reactive ketones (excluding diaryl/α,β-unsaturated/α-hetero) is 1. The maximum absolute atomic E-state index is 10.9. The van der Waals surface area contributed by atoms with Crippen molar-refractivity contribution >= 4 is 5.78 Å². The summed E-state index contributed by atoms with van der Waals surface area (Å²) < 4.78 is 5.67. The Morgan fingerprint density at radius 1 is 1.16 bits per heavy atom. The monoisotopic (exact) mass is 255 g/mol. The van der Waals surface area contributed by atoms with Gasteiger partial charge in [0.2, 0.25) is 0 Å². The average Bonchev–Trinajstić information content (AvgIpc) is 2.45. The first kappa shape index (κ1) is 13.3. The minimum Gasteiger partial charge on any atom is -0.489 e. The van der Waals surface area contributed by atoms with Gasteiger partial charge < -0.3 is 9.53 Å². The molecule has 98 valence electrons. The Kier molecular flexibility index (Phi) is 4.67. The zero-order chi connectivity index (χ0) is 13.5. The number of ether oxygens (including phenoxy) is 1. The van der Waals surface area contributed by atoms with Gasteiger partial charge >= 0.3 is 0 Å². The van der Waals surface area contributed by atoms with Gasteiger partial charge in [0.25, 0.3) is 0 Å². The van der Waals surface area contributed by atoms with E-state index >= 15 is 0 Å². The number of aromatic nitrogens is 1. The molecule has 0 aliphatic heterocycles. The molecule has 0 N–H and O–H groups in total. The van der Waals surface area contributed by atoms with Crippen molar-refractivity contribution in [3.05, 3.63) is 59.9 Å². The smallest absolute Gasteiger partial charge is 0.130 e. The average molecular weight is 255 g/mol. The summed E-state index contributed by atoms with van der Waals surface area (Å²) in [4.78, 5) is 15.0. The molecule has 1 heterocycles. The highest BCUT2D eigenvalue weighted by atomic mass is 16.5. The fourth-order valence-corrected chi connectivity index (χ4v) is 1.72. The highest BCUT2D eigenvalue weighted by Gasteiger charge is 1.99. The van der Waals surface area contributed by atoms with Crippen molar-refractivity contribution in [1.82, 2.24) is 4.98 Å². The number of hydrogen-bond donors (Lipinski definition) is 0. The summed E-state index contributed by atoms with van der Waals surface area (Å²) in [5.41, 5.74) is 2.20. The van der Waals surface area contributed by atoms with Gasteiger partial charge in [-0.15, -0.1) is 0 Å². The van der Waals surface area contributed by atoms with Crippen LogP contribution in [0.3, 0.4) is 0 Å². The van der Waals surface area contributed by atoms with Gasteiger partial charge in [-0.25, -0.2) is 0 Å². The third-order valence-electron chi connectivity index (χ3n) is 2.82. The number of nitrogens with zero attached hydrogens (tertiary/aromatic N) is 1. The van der Waals surface area contributed by atoms with Crippen LogP contribution in [0, 0.1) is 0 Å². The molecule has 1 aromatic heterocycles. The first-order valence-corrected chi connectivity index (χ1v) is 6.34. The molecular weight excluding hydrogens is 238 g/mol. The molecule has 2 rings (SSSR count). The summed E-state index contributed by atoms with van der Waals surface area (Å²) >= 11 is 0. The van der Waals surface area contributed by atoms with E-state index in [0.717, 1.165) is 23.3 Å². The minimum atomic E-state index is 0.219. The fraction of sp³-hybridized carbons (Fsp3) is 0.250. The highest BCUT2D eigenvalue weighted by molar-refractivity contribution is 5.75. The zero-order valence-corrected chi connectivity index (χ0v) is 11.0. The summed E-state index contributed by atoms with van der Waals surface area (Å²) in [6.07, 6.45) is 4.92. The lowest BCUT2D eigenvalue weighted by Crippen LogP contribution is -1.97. The lowest BCUT2D eigenvalue weighted by atomic mass is 10.1. The van der Waals surface area contributed by atoms with Gasteiger partial charge in [0.05, 0.1) is 0 Å². The van der Waals surface area contributed by atoms with Gasteiger partial charge in [-0.3, -0.25) is 4.98 Å². The van der Waals surface area contributed by atoms with Crippen LogP contribution in [-0.2, 0) is 17.8 Å². The van der Waals surface area contributed by atoms with E-state index in [9.17, 15) is 4.79 Å². The van der Waals surface area contributed by atoms with Gasteiger partial charge in [0.1, 0.15) is 18.1 Å². The van der Waals surface area contributed by atoms with E-state index in [2.05, 4.69) is 4.98 Å². The quantitative estimate of drug-likeness (QED) is 0.795. The zero-order valence-electron chi connectivity index (χ0n) is 11.0. The van der Waals surface area contributed by atoms with Gasteiger partial charge in [-0.2, -0.15) is 0 Å². The molecule has 0 aliphatic carbocycles. The second-order valence-electron chi connectivity index (χ2n) is 4.50. The normalized spacial score (nSPS) is 10.2. The fourth-order valence-electron chi connectivity index (χ4n) is 1.72. The van der Waals surface area contributed by atoms with Crippen molar-refractivity contribution in [3.8, 4) is 5.75 Å². The molecule has 0 atom stereocenters. The van der Waals surface area contributed by atoms with Gasteiger partial charge in [-0.1, -0.05) is 18.2 Å². The summed E-state index contributed by atoms with van der Waals surface area (Å²) in [6.45, 7) is 2.13. The Morgan fingerprint density at radius 3 is 2.58 bits per heavy atom. The predicted octanol–water partition coefficient (Wildman–Crippen LogP) is 3.18. The summed E-state index contributed by atoms with van der Waals surface area (Å²) in [7, 11) is 0. The SMILES string of the molecule is CC(=O)CCc1ccc(OCc2cccnc2)cc1. The lowest BCUT2D eigenvalue weighted by molar-refractivity contribution is -0.116. The summed E-state index contributed by atoms with van der Waals surface area (Å²) in [5, 5.41) is 0. The van der Waals surface area contributed by atoms with Gasteiger partial charge in [-0.05, 0) is 37.1 Å². The van der Waals surface area contributed by atoms with Crippen molar-refractivity contribution < 1.29 is 9.53 Å². The largest absolute Gasteiger partial charge is 0.489 e. The van der Waals surface area contributed by atoms with Crippen LogP contribution in [0.15, 0.2) is 48.8 Å². The van der Waals surface area contributed by atoms with E-state index in [-0.39, 0.29) is 5.78 Å². The molecule has 0 aliphatic rings. The van der Waals surface area contributed by atoms with Crippen molar-refractivity contribution in [2.24, 2.45) is 0 Å². The molecule has 3 heteroatoms. The van der Waals surface area contributed by atoms with E-state index < -0.39 is 0 Å². The van der Waals surface area contributed by atoms with Crippen LogP contribution in [-0.4, -0.2) is 10.8 Å².